The molecule has 0 aliphatic rings. The van der Waals surface area contributed by atoms with Crippen molar-refractivity contribution in [3.05, 3.63) is 67.8 Å². The summed E-state index contributed by atoms with van der Waals surface area (Å²) in [4.78, 5) is 0. The molecule has 1 nitrogen and oxygen atoms in total. The highest BCUT2D eigenvalue weighted by atomic mass is 127. The smallest absolute Gasteiger partial charge is 0.167 e. The van der Waals surface area contributed by atoms with E-state index in [1.807, 2.05) is 0 Å². The third-order valence-electron chi connectivity index (χ3n) is 5.68. The number of halogens is 1. The van der Waals surface area contributed by atoms with Gasteiger partial charge in [0.05, 0.1) is 0 Å². The van der Waals surface area contributed by atoms with Gasteiger partial charge in [-0.05, 0) is 122 Å². The number of alkyl halides is 1. The summed E-state index contributed by atoms with van der Waals surface area (Å²) in [5, 5.41) is 11.5. The first kappa shape index (κ1) is 18.5. The van der Waals surface area contributed by atoms with Crippen LogP contribution in [0, 0.1) is 55.4 Å². The first-order valence-electron chi connectivity index (χ1n) is 8.07. The van der Waals surface area contributed by atoms with Crippen LogP contribution in [0.5, 0.6) is 0 Å². The molecule has 0 aliphatic carbocycles. The molecule has 0 atom stereocenters. The predicted molar refractivity (Wildman–Crippen MR) is 108 cm³/mol. The third-order valence-corrected chi connectivity index (χ3v) is 6.84. The predicted octanol–water partition coefficient (Wildman–Crippen LogP) is 5.78. The lowest BCUT2D eigenvalue weighted by atomic mass is 9.85. The molecule has 2 aromatic carbocycles. The van der Waals surface area contributed by atoms with Crippen LogP contribution in [0.2, 0.25) is 0 Å². The maximum atomic E-state index is 11.5. The van der Waals surface area contributed by atoms with Gasteiger partial charge in [0.2, 0.25) is 0 Å². The lowest BCUT2D eigenvalue weighted by molar-refractivity contribution is 0.198. The number of benzene rings is 2. The van der Waals surface area contributed by atoms with Crippen LogP contribution in [0.25, 0.3) is 0 Å². The van der Waals surface area contributed by atoms with Gasteiger partial charge in [0, 0.05) is 11.1 Å². The van der Waals surface area contributed by atoms with Crippen LogP contribution < -0.4 is 0 Å². The fourth-order valence-corrected chi connectivity index (χ4v) is 4.38. The summed E-state index contributed by atoms with van der Waals surface area (Å²) in [6, 6.07) is 4.29. The highest BCUT2D eigenvalue weighted by Crippen LogP contribution is 2.43. The molecule has 1 N–H and O–H groups in total. The number of aryl methyl sites for hydroxylation is 2. The molecule has 0 amide bonds. The van der Waals surface area contributed by atoms with Gasteiger partial charge in [-0.3, -0.25) is 0 Å². The van der Waals surface area contributed by atoms with Crippen molar-refractivity contribution < 1.29 is 5.11 Å². The van der Waals surface area contributed by atoms with Crippen LogP contribution in [0.3, 0.4) is 0 Å². The van der Waals surface area contributed by atoms with Gasteiger partial charge in [0.15, 0.2) is 3.61 Å². The van der Waals surface area contributed by atoms with E-state index in [2.05, 4.69) is 90.1 Å². The summed E-state index contributed by atoms with van der Waals surface area (Å²) in [6.45, 7) is 17.1. The maximum Gasteiger partial charge on any atom is 0.167 e. The Bertz CT molecular complexity index is 720. The first-order chi connectivity index (χ1) is 10.5. The molecule has 0 aromatic heterocycles. The van der Waals surface area contributed by atoms with Gasteiger partial charge in [-0.15, -0.1) is 0 Å². The largest absolute Gasteiger partial charge is 0.371 e. The molecule has 0 saturated heterocycles. The molecule has 2 aromatic rings. The van der Waals surface area contributed by atoms with Crippen molar-refractivity contribution in [2.24, 2.45) is 0 Å². The van der Waals surface area contributed by atoms with Gasteiger partial charge in [0.1, 0.15) is 0 Å². The topological polar surface area (TPSA) is 20.2 Å². The highest BCUT2D eigenvalue weighted by Gasteiger charge is 2.33. The van der Waals surface area contributed by atoms with E-state index in [1.165, 1.54) is 44.5 Å². The Hall–Kier alpha value is -0.870. The summed E-state index contributed by atoms with van der Waals surface area (Å²) in [6.07, 6.45) is 0. The van der Waals surface area contributed by atoms with Crippen LogP contribution in [-0.4, -0.2) is 5.11 Å². The maximum absolute atomic E-state index is 11.5. The average molecular weight is 422 g/mol. The fourth-order valence-electron chi connectivity index (χ4n) is 3.26. The summed E-state index contributed by atoms with van der Waals surface area (Å²) in [5.41, 5.74) is 12.0. The van der Waals surface area contributed by atoms with Crippen molar-refractivity contribution >= 4 is 22.6 Å². The number of hydrogen-bond donors (Lipinski definition) is 1. The number of hydrogen-bond acceptors (Lipinski definition) is 1. The van der Waals surface area contributed by atoms with Crippen molar-refractivity contribution in [1.82, 2.24) is 0 Å². The van der Waals surface area contributed by atoms with E-state index in [9.17, 15) is 5.11 Å². The minimum absolute atomic E-state index is 1.00. The van der Waals surface area contributed by atoms with Gasteiger partial charge in [-0.2, -0.15) is 0 Å². The zero-order chi connectivity index (χ0) is 17.7. The van der Waals surface area contributed by atoms with E-state index in [1.54, 1.807) is 0 Å². The molecule has 0 aliphatic heterocycles. The van der Waals surface area contributed by atoms with E-state index >= 15 is 0 Å². The van der Waals surface area contributed by atoms with Crippen LogP contribution in [0.4, 0.5) is 0 Å². The molecule has 0 heterocycles. The molecule has 23 heavy (non-hydrogen) atoms. The van der Waals surface area contributed by atoms with Crippen LogP contribution in [-0.2, 0) is 3.61 Å². The van der Waals surface area contributed by atoms with Gasteiger partial charge in [-0.25, -0.2) is 0 Å². The Morgan fingerprint density at radius 3 is 1.22 bits per heavy atom. The van der Waals surface area contributed by atoms with E-state index in [0.29, 0.717) is 0 Å². The van der Waals surface area contributed by atoms with E-state index in [-0.39, 0.29) is 0 Å². The summed E-state index contributed by atoms with van der Waals surface area (Å²) >= 11 is 2.20. The number of rotatable bonds is 2. The molecule has 0 bridgehead atoms. The van der Waals surface area contributed by atoms with Crippen molar-refractivity contribution in [3.63, 3.8) is 0 Å². The molecule has 2 rings (SSSR count). The minimum Gasteiger partial charge on any atom is -0.371 e. The molecular weight excluding hydrogens is 395 g/mol. The molecule has 0 unspecified atom stereocenters. The van der Waals surface area contributed by atoms with Gasteiger partial charge in [-0.1, -0.05) is 12.1 Å². The zero-order valence-corrected chi connectivity index (χ0v) is 17.6. The van der Waals surface area contributed by atoms with Crippen molar-refractivity contribution in [3.8, 4) is 0 Å². The van der Waals surface area contributed by atoms with Gasteiger partial charge < -0.3 is 5.11 Å². The molecule has 0 fully saturated rings. The molecule has 124 valence electrons. The van der Waals surface area contributed by atoms with Crippen molar-refractivity contribution in [2.75, 3.05) is 0 Å². The molecule has 2 heteroatoms. The van der Waals surface area contributed by atoms with E-state index < -0.39 is 3.61 Å². The van der Waals surface area contributed by atoms with Crippen LogP contribution in [0.1, 0.15) is 55.6 Å². The summed E-state index contributed by atoms with van der Waals surface area (Å²) in [5.74, 6) is 0. The molecule has 0 spiro atoms. The Morgan fingerprint density at radius 1 is 0.609 bits per heavy atom. The van der Waals surface area contributed by atoms with Crippen LogP contribution >= 0.6 is 22.6 Å². The Morgan fingerprint density at radius 2 is 0.913 bits per heavy atom. The highest BCUT2D eigenvalue weighted by molar-refractivity contribution is 14.1. The molecule has 0 saturated carbocycles. The zero-order valence-electron chi connectivity index (χ0n) is 15.5. The summed E-state index contributed by atoms with van der Waals surface area (Å²) in [7, 11) is 0. The quantitative estimate of drug-likeness (QED) is 0.480. The van der Waals surface area contributed by atoms with Crippen molar-refractivity contribution in [2.45, 2.75) is 59.0 Å². The summed E-state index contributed by atoms with van der Waals surface area (Å²) < 4.78 is -1.02. The number of aliphatic hydroxyl groups is 1. The first-order valence-corrected chi connectivity index (χ1v) is 9.15. The second kappa shape index (κ2) is 6.21. The van der Waals surface area contributed by atoms with Crippen molar-refractivity contribution in [1.29, 1.82) is 0 Å². The Labute approximate surface area is 154 Å². The van der Waals surface area contributed by atoms with E-state index in [4.69, 9.17) is 0 Å². The second-order valence-corrected chi connectivity index (χ2v) is 8.42. The normalized spacial score (nSPS) is 11.9. The fraction of sp³-hybridized carbons (Fsp3) is 0.429. The molecular formula is C21H27IO. The standard InChI is InChI=1S/C21H27IO/c1-11-9-19(17(7)15(5)13(11)3)21(22,23)20-10-12(2)14(4)16(6)18(20)8/h9-10,23H,1-8H3. The SMILES string of the molecule is Cc1cc(C(O)(I)c2cc(C)c(C)c(C)c2C)c(C)c(C)c1C. The van der Waals surface area contributed by atoms with Crippen LogP contribution in [0.15, 0.2) is 12.1 Å². The second-order valence-electron chi connectivity index (χ2n) is 6.85. The van der Waals surface area contributed by atoms with Gasteiger partial charge >= 0.3 is 0 Å². The third kappa shape index (κ3) is 2.96. The lowest BCUT2D eigenvalue weighted by Crippen LogP contribution is -2.23. The average Bonchev–Trinajstić information content (AvgIpc) is 2.49. The Kier molecular flexibility index (Phi) is 4.99. The molecule has 0 radical (unpaired) electrons. The lowest BCUT2D eigenvalue weighted by Gasteiger charge is -2.30. The van der Waals surface area contributed by atoms with E-state index in [0.717, 1.165) is 11.1 Å². The Balaban J connectivity index is 2.79. The minimum atomic E-state index is -1.02. The van der Waals surface area contributed by atoms with Gasteiger partial charge in [0.25, 0.3) is 0 Å². The monoisotopic (exact) mass is 422 g/mol.